The number of aryl methyl sites for hydroxylation is 2. The van der Waals surface area contributed by atoms with Gasteiger partial charge in [-0.3, -0.25) is 0 Å². The number of nitrogens with zero attached hydrogens (tertiary/aromatic N) is 2. The van der Waals surface area contributed by atoms with Crippen molar-refractivity contribution < 1.29 is 0 Å². The first-order valence-electron chi connectivity index (χ1n) is 4.77. The lowest BCUT2D eigenvalue weighted by Crippen LogP contribution is -2.08. The average Bonchev–Trinajstić information content (AvgIpc) is 2.34. The van der Waals surface area contributed by atoms with Crippen LogP contribution in [0.3, 0.4) is 0 Å². The van der Waals surface area contributed by atoms with Gasteiger partial charge in [-0.05, 0) is 20.3 Å². The minimum absolute atomic E-state index is 0.773. The van der Waals surface area contributed by atoms with Crippen LogP contribution in [0.15, 0.2) is 0 Å². The molecule has 4 heteroatoms. The van der Waals surface area contributed by atoms with Gasteiger partial charge in [0.2, 0.25) is 0 Å². The van der Waals surface area contributed by atoms with E-state index in [-0.39, 0.29) is 0 Å². The van der Waals surface area contributed by atoms with Gasteiger partial charge in [-0.1, -0.05) is 6.92 Å². The molecule has 0 aliphatic heterocycles. The van der Waals surface area contributed by atoms with Crippen LogP contribution >= 0.6 is 0 Å². The predicted molar refractivity (Wildman–Crippen MR) is 55.8 cm³/mol. The Labute approximate surface area is 79.1 Å². The van der Waals surface area contributed by atoms with Crippen molar-refractivity contribution in [2.45, 2.75) is 33.7 Å². The van der Waals surface area contributed by atoms with Gasteiger partial charge < -0.3 is 11.1 Å². The van der Waals surface area contributed by atoms with Crippen molar-refractivity contribution in [1.29, 1.82) is 0 Å². The number of nitrogens with one attached hydrogen (secondary N) is 1. The van der Waals surface area contributed by atoms with Crippen LogP contribution in [0, 0.1) is 6.92 Å². The van der Waals surface area contributed by atoms with Gasteiger partial charge in [0.15, 0.2) is 0 Å². The molecule has 0 fully saturated rings. The summed E-state index contributed by atoms with van der Waals surface area (Å²) in [6.07, 6.45) is 1.07. The monoisotopic (exact) mass is 182 g/mol. The highest BCUT2D eigenvalue weighted by molar-refractivity contribution is 5.64. The average molecular weight is 182 g/mol. The van der Waals surface area contributed by atoms with Gasteiger partial charge >= 0.3 is 0 Å². The van der Waals surface area contributed by atoms with Crippen LogP contribution in [0.1, 0.15) is 26.0 Å². The Morgan fingerprint density at radius 2 is 2.15 bits per heavy atom. The molecule has 1 rings (SSSR count). The lowest BCUT2D eigenvalue weighted by Gasteiger charge is -2.07. The number of aromatic nitrogens is 2. The first kappa shape index (κ1) is 9.89. The summed E-state index contributed by atoms with van der Waals surface area (Å²) in [4.78, 5) is 0. The largest absolute Gasteiger partial charge is 0.394 e. The molecule has 0 atom stereocenters. The minimum Gasteiger partial charge on any atom is -0.394 e. The van der Waals surface area contributed by atoms with Gasteiger partial charge in [-0.2, -0.15) is 5.10 Å². The molecule has 0 aromatic carbocycles. The van der Waals surface area contributed by atoms with Crippen LogP contribution < -0.4 is 11.1 Å². The molecule has 0 radical (unpaired) electrons. The van der Waals surface area contributed by atoms with Gasteiger partial charge in [-0.15, -0.1) is 0 Å². The molecule has 1 heterocycles. The van der Waals surface area contributed by atoms with E-state index in [9.17, 15) is 0 Å². The molecule has 0 saturated heterocycles. The van der Waals surface area contributed by atoms with E-state index in [1.807, 2.05) is 11.6 Å². The zero-order chi connectivity index (χ0) is 9.84. The van der Waals surface area contributed by atoms with Crippen LogP contribution in [0.4, 0.5) is 11.5 Å². The van der Waals surface area contributed by atoms with Crippen molar-refractivity contribution in [1.82, 2.24) is 9.78 Å². The Balaban J connectivity index is 2.96. The molecule has 0 aliphatic rings. The summed E-state index contributed by atoms with van der Waals surface area (Å²) in [5, 5.41) is 7.57. The van der Waals surface area contributed by atoms with Crippen LogP contribution in [-0.4, -0.2) is 16.3 Å². The minimum atomic E-state index is 0.773. The summed E-state index contributed by atoms with van der Waals surface area (Å²) >= 11 is 0. The highest BCUT2D eigenvalue weighted by Gasteiger charge is 2.09. The first-order valence-corrected chi connectivity index (χ1v) is 4.77. The van der Waals surface area contributed by atoms with Crippen LogP contribution in [-0.2, 0) is 6.54 Å². The Morgan fingerprint density at radius 1 is 1.46 bits per heavy atom. The van der Waals surface area contributed by atoms with Gasteiger partial charge in [0.05, 0.1) is 11.4 Å². The summed E-state index contributed by atoms with van der Waals surface area (Å²) in [6.45, 7) is 7.91. The predicted octanol–water partition coefficient (Wildman–Crippen LogP) is 1.62. The molecule has 0 bridgehead atoms. The second-order valence-corrected chi connectivity index (χ2v) is 3.10. The normalized spacial score (nSPS) is 10.4. The number of anilines is 2. The number of rotatable bonds is 4. The number of hydrogen-bond donors (Lipinski definition) is 2. The van der Waals surface area contributed by atoms with E-state index in [0.29, 0.717) is 0 Å². The van der Waals surface area contributed by atoms with Gasteiger partial charge in [-0.25, -0.2) is 4.68 Å². The standard InChI is InChI=1S/C9H18N4/c1-4-6-13-9(11-5-2)8(10)7(3)12-13/h11H,4-6,10H2,1-3H3. The summed E-state index contributed by atoms with van der Waals surface area (Å²) in [7, 11) is 0. The Bertz CT molecular complexity index is 277. The van der Waals surface area contributed by atoms with E-state index in [0.717, 1.165) is 36.7 Å². The Morgan fingerprint density at radius 3 is 2.69 bits per heavy atom. The molecular weight excluding hydrogens is 164 g/mol. The molecule has 0 aliphatic carbocycles. The summed E-state index contributed by atoms with van der Waals surface area (Å²) in [5.41, 5.74) is 7.55. The molecular formula is C9H18N4. The van der Waals surface area contributed by atoms with Crippen molar-refractivity contribution in [3.05, 3.63) is 5.69 Å². The fourth-order valence-electron chi connectivity index (χ4n) is 1.32. The van der Waals surface area contributed by atoms with Crippen molar-refractivity contribution in [2.24, 2.45) is 0 Å². The zero-order valence-electron chi connectivity index (χ0n) is 8.59. The third kappa shape index (κ3) is 1.94. The third-order valence-corrected chi connectivity index (χ3v) is 1.95. The van der Waals surface area contributed by atoms with Crippen molar-refractivity contribution in [2.75, 3.05) is 17.6 Å². The molecule has 0 spiro atoms. The number of nitrogens with two attached hydrogens (primary N) is 1. The summed E-state index contributed by atoms with van der Waals surface area (Å²) in [5.74, 6) is 0.960. The van der Waals surface area contributed by atoms with E-state index < -0.39 is 0 Å². The van der Waals surface area contributed by atoms with Gasteiger partial charge in [0, 0.05) is 13.1 Å². The topological polar surface area (TPSA) is 55.9 Å². The first-order chi connectivity index (χ1) is 6.20. The van der Waals surface area contributed by atoms with E-state index in [2.05, 4.69) is 24.3 Å². The Hall–Kier alpha value is -1.19. The second kappa shape index (κ2) is 4.16. The lowest BCUT2D eigenvalue weighted by atomic mass is 10.4. The molecule has 0 unspecified atom stereocenters. The molecule has 0 saturated carbocycles. The molecule has 13 heavy (non-hydrogen) atoms. The molecule has 3 N–H and O–H groups in total. The highest BCUT2D eigenvalue weighted by atomic mass is 15.3. The van der Waals surface area contributed by atoms with Crippen molar-refractivity contribution in [3.63, 3.8) is 0 Å². The van der Waals surface area contributed by atoms with E-state index in [4.69, 9.17) is 5.73 Å². The SMILES string of the molecule is CCCn1nc(C)c(N)c1NCC. The van der Waals surface area contributed by atoms with Crippen molar-refractivity contribution >= 4 is 11.5 Å². The summed E-state index contributed by atoms with van der Waals surface area (Å²) in [6, 6.07) is 0. The lowest BCUT2D eigenvalue weighted by molar-refractivity contribution is 0.603. The van der Waals surface area contributed by atoms with Crippen LogP contribution in [0.2, 0.25) is 0 Å². The number of hydrogen-bond acceptors (Lipinski definition) is 3. The molecule has 74 valence electrons. The van der Waals surface area contributed by atoms with Crippen LogP contribution in [0.25, 0.3) is 0 Å². The molecule has 1 aromatic heterocycles. The third-order valence-electron chi connectivity index (χ3n) is 1.95. The van der Waals surface area contributed by atoms with E-state index in [1.54, 1.807) is 0 Å². The highest BCUT2D eigenvalue weighted by Crippen LogP contribution is 2.21. The van der Waals surface area contributed by atoms with Crippen LogP contribution in [0.5, 0.6) is 0 Å². The maximum Gasteiger partial charge on any atom is 0.148 e. The second-order valence-electron chi connectivity index (χ2n) is 3.10. The van der Waals surface area contributed by atoms with Gasteiger partial charge in [0.1, 0.15) is 5.82 Å². The smallest absolute Gasteiger partial charge is 0.148 e. The van der Waals surface area contributed by atoms with Gasteiger partial charge in [0.25, 0.3) is 0 Å². The fraction of sp³-hybridized carbons (Fsp3) is 0.667. The maximum atomic E-state index is 5.87. The molecule has 1 aromatic rings. The Kier molecular flexibility index (Phi) is 3.17. The number of nitrogen functional groups attached to an aromatic ring is 1. The maximum absolute atomic E-state index is 5.87. The van der Waals surface area contributed by atoms with Crippen molar-refractivity contribution in [3.8, 4) is 0 Å². The fourth-order valence-corrected chi connectivity index (χ4v) is 1.32. The molecule has 0 amide bonds. The molecule has 4 nitrogen and oxygen atoms in total. The van der Waals surface area contributed by atoms with E-state index in [1.165, 1.54) is 0 Å². The quantitative estimate of drug-likeness (QED) is 0.744. The zero-order valence-corrected chi connectivity index (χ0v) is 8.59. The summed E-state index contributed by atoms with van der Waals surface area (Å²) < 4.78 is 1.94. The van der Waals surface area contributed by atoms with E-state index >= 15 is 0 Å².